The highest BCUT2D eigenvalue weighted by molar-refractivity contribution is 7.96. The maximum absolute atomic E-state index is 13.9. The maximum Gasteiger partial charge on any atom is 0.258 e. The molecule has 2 aromatic heterocycles. The number of halogens is 1. The van der Waals surface area contributed by atoms with Crippen molar-refractivity contribution in [2.45, 2.75) is 37.9 Å². The summed E-state index contributed by atoms with van der Waals surface area (Å²) in [5, 5.41) is 1.26. The van der Waals surface area contributed by atoms with E-state index in [9.17, 15) is 12.8 Å². The van der Waals surface area contributed by atoms with Crippen LogP contribution in [0.15, 0.2) is 60.0 Å². The highest BCUT2D eigenvalue weighted by Gasteiger charge is 2.49. The minimum atomic E-state index is -3.65. The number of hydrogen-bond donors (Lipinski definition) is 0. The summed E-state index contributed by atoms with van der Waals surface area (Å²) in [5.74, 6) is -0.451. The fourth-order valence-corrected chi connectivity index (χ4v) is 7.19. The zero-order chi connectivity index (χ0) is 22.3. The molecule has 166 valence electrons. The Morgan fingerprint density at radius 2 is 2.09 bits per heavy atom. The van der Waals surface area contributed by atoms with Gasteiger partial charge in [0.1, 0.15) is 12.1 Å². The van der Waals surface area contributed by atoms with Crippen molar-refractivity contribution < 1.29 is 12.8 Å². The van der Waals surface area contributed by atoms with Crippen molar-refractivity contribution in [3.63, 3.8) is 0 Å². The van der Waals surface area contributed by atoms with Crippen LogP contribution in [0, 0.1) is 5.82 Å². The Bertz CT molecular complexity index is 1260. The van der Waals surface area contributed by atoms with Crippen molar-refractivity contribution in [1.82, 2.24) is 19.9 Å². The lowest BCUT2D eigenvalue weighted by atomic mass is 9.83. The fraction of sp³-hybridized carbons (Fsp3) is 0.318. The summed E-state index contributed by atoms with van der Waals surface area (Å²) in [4.78, 5) is 16.2. The molecule has 0 radical (unpaired) electrons. The number of piperidine rings is 1. The van der Waals surface area contributed by atoms with E-state index in [1.807, 2.05) is 5.51 Å². The standard InChI is InChI=1S/C22H22FN5O2S2/c1-16-10-22(6-8-32(29,30)28(22)19-4-2-3-18(23)9-19)5-7-27(16)13-20-21(26-15-31-20)17-11-24-14-25-12-17/h2-4,6,8-9,11-12,14-16H,5,7,10,13H2,1H3/t16-,22-/m0/s1. The molecule has 2 aliphatic rings. The van der Waals surface area contributed by atoms with Gasteiger partial charge in [-0.3, -0.25) is 9.21 Å². The third kappa shape index (κ3) is 3.72. The van der Waals surface area contributed by atoms with Gasteiger partial charge in [-0.2, -0.15) is 0 Å². The summed E-state index contributed by atoms with van der Waals surface area (Å²) in [6.45, 7) is 3.52. The second kappa shape index (κ2) is 8.02. The molecule has 1 aromatic carbocycles. The maximum atomic E-state index is 13.9. The molecular formula is C22H22FN5O2S2. The minimum Gasteiger partial charge on any atom is -0.295 e. The molecule has 0 saturated carbocycles. The molecule has 4 heterocycles. The van der Waals surface area contributed by atoms with Gasteiger partial charge in [0.25, 0.3) is 10.0 Å². The number of hydrogen-bond acceptors (Lipinski definition) is 7. The van der Waals surface area contributed by atoms with Crippen LogP contribution < -0.4 is 4.31 Å². The first kappa shape index (κ1) is 21.2. The average Bonchev–Trinajstić information content (AvgIpc) is 3.33. The van der Waals surface area contributed by atoms with Crippen molar-refractivity contribution >= 4 is 27.0 Å². The summed E-state index contributed by atoms with van der Waals surface area (Å²) in [6, 6.07) is 5.91. The zero-order valence-electron chi connectivity index (χ0n) is 17.4. The van der Waals surface area contributed by atoms with Gasteiger partial charge in [0.05, 0.1) is 22.4 Å². The van der Waals surface area contributed by atoms with E-state index in [1.54, 1.807) is 41.9 Å². The predicted octanol–water partition coefficient (Wildman–Crippen LogP) is 3.83. The van der Waals surface area contributed by atoms with E-state index in [0.717, 1.165) is 16.1 Å². The Hall–Kier alpha value is -2.69. The number of nitrogens with zero attached hydrogens (tertiary/aromatic N) is 5. The van der Waals surface area contributed by atoms with Crippen LogP contribution in [0.3, 0.4) is 0 Å². The minimum absolute atomic E-state index is 0.111. The van der Waals surface area contributed by atoms with Crippen LogP contribution in [-0.4, -0.2) is 46.4 Å². The third-order valence-electron chi connectivity index (χ3n) is 6.18. The number of aromatic nitrogens is 3. The molecule has 32 heavy (non-hydrogen) atoms. The molecule has 1 spiro atoms. The van der Waals surface area contributed by atoms with E-state index < -0.39 is 21.4 Å². The molecule has 0 bridgehead atoms. The van der Waals surface area contributed by atoms with E-state index in [4.69, 9.17) is 0 Å². The summed E-state index contributed by atoms with van der Waals surface area (Å²) in [5.41, 5.74) is 3.27. The zero-order valence-corrected chi connectivity index (χ0v) is 19.1. The van der Waals surface area contributed by atoms with Gasteiger partial charge >= 0.3 is 0 Å². The van der Waals surface area contributed by atoms with Gasteiger partial charge in [0.2, 0.25) is 0 Å². The normalized spacial score (nSPS) is 24.9. The Labute approximate surface area is 190 Å². The SMILES string of the molecule is C[C@H]1C[C@@]2(C=CS(=O)(=O)N2c2cccc(F)c2)CCN1Cc1scnc1-c1cncnc1. The van der Waals surface area contributed by atoms with Crippen molar-refractivity contribution in [2.75, 3.05) is 10.8 Å². The monoisotopic (exact) mass is 471 g/mol. The molecule has 1 saturated heterocycles. The second-order valence-electron chi connectivity index (χ2n) is 8.22. The molecule has 2 atom stereocenters. The first-order chi connectivity index (χ1) is 15.4. The Balaban J connectivity index is 1.39. The number of anilines is 1. The number of rotatable bonds is 4. The Morgan fingerprint density at radius 3 is 2.84 bits per heavy atom. The third-order valence-corrected chi connectivity index (χ3v) is 8.56. The van der Waals surface area contributed by atoms with Crippen LogP contribution in [0.5, 0.6) is 0 Å². The van der Waals surface area contributed by atoms with E-state index in [1.165, 1.54) is 28.2 Å². The van der Waals surface area contributed by atoms with Crippen LogP contribution in [-0.2, 0) is 16.6 Å². The van der Waals surface area contributed by atoms with Gasteiger partial charge in [0, 0.05) is 47.4 Å². The fourth-order valence-electron chi connectivity index (χ4n) is 4.70. The summed E-state index contributed by atoms with van der Waals surface area (Å²) in [7, 11) is -3.65. The van der Waals surface area contributed by atoms with Crippen LogP contribution in [0.25, 0.3) is 11.3 Å². The molecule has 0 N–H and O–H groups in total. The molecule has 7 nitrogen and oxygen atoms in total. The molecule has 3 aromatic rings. The highest BCUT2D eigenvalue weighted by Crippen LogP contribution is 2.43. The van der Waals surface area contributed by atoms with Crippen molar-refractivity contribution in [3.8, 4) is 11.3 Å². The van der Waals surface area contributed by atoms with Crippen LogP contribution >= 0.6 is 11.3 Å². The molecule has 0 aliphatic carbocycles. The van der Waals surface area contributed by atoms with Gasteiger partial charge in [-0.05, 0) is 44.0 Å². The lowest BCUT2D eigenvalue weighted by molar-refractivity contribution is 0.121. The first-order valence-corrected chi connectivity index (χ1v) is 12.7. The molecular weight excluding hydrogens is 449 g/mol. The topological polar surface area (TPSA) is 79.3 Å². The van der Waals surface area contributed by atoms with E-state index in [0.29, 0.717) is 31.6 Å². The molecule has 1 fully saturated rings. The number of thiazole rings is 1. The van der Waals surface area contributed by atoms with Gasteiger partial charge in [0.15, 0.2) is 0 Å². The van der Waals surface area contributed by atoms with Gasteiger partial charge < -0.3 is 0 Å². The van der Waals surface area contributed by atoms with Crippen molar-refractivity contribution in [2.24, 2.45) is 0 Å². The molecule has 2 aliphatic heterocycles. The first-order valence-electron chi connectivity index (χ1n) is 10.3. The summed E-state index contributed by atoms with van der Waals surface area (Å²) in [6.07, 6.45) is 8.01. The molecule has 10 heteroatoms. The largest absolute Gasteiger partial charge is 0.295 e. The molecule has 0 amide bonds. The van der Waals surface area contributed by atoms with Crippen LogP contribution in [0.2, 0.25) is 0 Å². The van der Waals surface area contributed by atoms with Gasteiger partial charge in [-0.1, -0.05) is 6.07 Å². The van der Waals surface area contributed by atoms with Gasteiger partial charge in [-0.15, -0.1) is 11.3 Å². The lowest BCUT2D eigenvalue weighted by Gasteiger charge is -2.47. The smallest absolute Gasteiger partial charge is 0.258 e. The number of sulfonamides is 1. The number of benzene rings is 1. The summed E-state index contributed by atoms with van der Waals surface area (Å²) >= 11 is 1.59. The number of likely N-dealkylation sites (tertiary alicyclic amines) is 1. The molecule has 0 unspecified atom stereocenters. The van der Waals surface area contributed by atoms with E-state index in [-0.39, 0.29) is 6.04 Å². The Morgan fingerprint density at radius 1 is 1.28 bits per heavy atom. The average molecular weight is 472 g/mol. The van der Waals surface area contributed by atoms with Crippen LogP contribution in [0.1, 0.15) is 24.6 Å². The Kier molecular flexibility index (Phi) is 5.31. The summed E-state index contributed by atoms with van der Waals surface area (Å²) < 4.78 is 41.0. The van der Waals surface area contributed by atoms with E-state index >= 15 is 0 Å². The van der Waals surface area contributed by atoms with Crippen molar-refractivity contribution in [3.05, 3.63) is 70.7 Å². The van der Waals surface area contributed by atoms with Gasteiger partial charge in [-0.25, -0.2) is 27.8 Å². The van der Waals surface area contributed by atoms with Crippen LogP contribution in [0.4, 0.5) is 10.1 Å². The molecule has 5 rings (SSSR count). The highest BCUT2D eigenvalue weighted by atomic mass is 32.2. The quantitative estimate of drug-likeness (QED) is 0.576. The lowest BCUT2D eigenvalue weighted by Crippen LogP contribution is -2.56. The second-order valence-corrected chi connectivity index (χ2v) is 10.8. The van der Waals surface area contributed by atoms with Crippen molar-refractivity contribution in [1.29, 1.82) is 0 Å². The van der Waals surface area contributed by atoms with E-state index in [2.05, 4.69) is 26.8 Å². The predicted molar refractivity (Wildman–Crippen MR) is 122 cm³/mol.